The van der Waals surface area contributed by atoms with Gasteiger partial charge in [0.15, 0.2) is 8.32 Å². The average molecular weight is 278 g/mol. The zero-order valence-electron chi connectivity index (χ0n) is 11.3. The highest BCUT2D eigenvalue weighted by Gasteiger charge is 2.50. The number of hydrogen-bond acceptors (Lipinski definition) is 3. The summed E-state index contributed by atoms with van der Waals surface area (Å²) in [5, 5.41) is 18.2. The molecule has 2 N–H and O–H groups in total. The van der Waals surface area contributed by atoms with Gasteiger partial charge in [0.2, 0.25) is 8.32 Å². The minimum Gasteiger partial charge on any atom is -0.481 e. The normalized spacial score (nSPS) is 19.2. The van der Waals surface area contributed by atoms with Gasteiger partial charge in [0.25, 0.3) is 0 Å². The number of aliphatic carboxylic acids is 2. The number of carbonyl (C=O) groups is 2. The van der Waals surface area contributed by atoms with Crippen LogP contribution in [0.1, 0.15) is 13.8 Å². The molecule has 0 saturated heterocycles. The van der Waals surface area contributed by atoms with E-state index in [2.05, 4.69) is 0 Å². The molecule has 17 heavy (non-hydrogen) atoms. The van der Waals surface area contributed by atoms with Gasteiger partial charge in [-0.25, -0.2) is 0 Å². The third kappa shape index (κ3) is 4.25. The number of carboxylic acids is 2. The molecule has 100 valence electrons. The highest BCUT2D eigenvalue weighted by atomic mass is 28.4. The minimum atomic E-state index is -2.86. The SMILES string of the molecule is CC(C(=O)O)[Si](C)(O[Si](C)(C)C)C(C)C(=O)O. The van der Waals surface area contributed by atoms with Crippen LogP contribution < -0.4 is 0 Å². The molecule has 0 aliphatic carbocycles. The zero-order valence-corrected chi connectivity index (χ0v) is 13.3. The fraction of sp³-hybridized carbons (Fsp3) is 0.800. The van der Waals surface area contributed by atoms with E-state index in [0.29, 0.717) is 0 Å². The maximum Gasteiger partial charge on any atom is 0.305 e. The number of rotatable bonds is 6. The van der Waals surface area contributed by atoms with E-state index in [0.717, 1.165) is 0 Å². The molecule has 0 aromatic carbocycles. The van der Waals surface area contributed by atoms with Gasteiger partial charge >= 0.3 is 11.9 Å². The first-order valence-corrected chi connectivity index (χ1v) is 11.5. The zero-order chi connectivity index (χ0) is 14.0. The lowest BCUT2D eigenvalue weighted by Crippen LogP contribution is -2.54. The molecule has 0 spiro atoms. The van der Waals surface area contributed by atoms with E-state index >= 15 is 0 Å². The summed E-state index contributed by atoms with van der Waals surface area (Å²) in [6, 6.07) is 0. The van der Waals surface area contributed by atoms with Crippen LogP contribution in [0.5, 0.6) is 0 Å². The molecule has 0 amide bonds. The lowest BCUT2D eigenvalue weighted by atomic mass is 10.5. The Balaban J connectivity index is 5.35. The summed E-state index contributed by atoms with van der Waals surface area (Å²) in [5.41, 5.74) is -1.47. The molecule has 0 fully saturated rings. The molecule has 2 unspecified atom stereocenters. The van der Waals surface area contributed by atoms with Crippen LogP contribution in [0.2, 0.25) is 37.3 Å². The highest BCUT2D eigenvalue weighted by molar-refractivity contribution is 6.89. The van der Waals surface area contributed by atoms with E-state index in [9.17, 15) is 9.59 Å². The molecule has 0 aromatic heterocycles. The summed E-state index contributed by atoms with van der Waals surface area (Å²) in [7, 11) is -4.83. The van der Waals surface area contributed by atoms with Crippen LogP contribution >= 0.6 is 0 Å². The molecule has 5 nitrogen and oxygen atoms in total. The summed E-state index contributed by atoms with van der Waals surface area (Å²) < 4.78 is 5.99. The lowest BCUT2D eigenvalue weighted by molar-refractivity contribution is -0.137. The van der Waals surface area contributed by atoms with E-state index in [1.165, 1.54) is 0 Å². The van der Waals surface area contributed by atoms with Crippen molar-refractivity contribution in [1.82, 2.24) is 0 Å². The highest BCUT2D eigenvalue weighted by Crippen LogP contribution is 2.36. The van der Waals surface area contributed by atoms with Crippen molar-refractivity contribution in [3.8, 4) is 0 Å². The number of carboxylic acid groups (broad SMARTS) is 2. The molecule has 2 atom stereocenters. The molecule has 0 aromatic rings. The van der Waals surface area contributed by atoms with Gasteiger partial charge in [0.1, 0.15) is 0 Å². The Kier molecular flexibility index (Phi) is 5.11. The first-order valence-electron chi connectivity index (χ1n) is 5.57. The second-order valence-electron chi connectivity index (χ2n) is 5.52. The summed E-state index contributed by atoms with van der Waals surface area (Å²) in [5.74, 6) is -1.96. The van der Waals surface area contributed by atoms with Crippen molar-refractivity contribution in [1.29, 1.82) is 0 Å². The largest absolute Gasteiger partial charge is 0.481 e. The van der Waals surface area contributed by atoms with Gasteiger partial charge in [-0.05, 0) is 26.2 Å². The molecule has 7 heteroatoms. The van der Waals surface area contributed by atoms with E-state index in [1.807, 2.05) is 19.6 Å². The van der Waals surface area contributed by atoms with Gasteiger partial charge in [-0.2, -0.15) is 0 Å². The lowest BCUT2D eigenvalue weighted by Gasteiger charge is -2.39. The van der Waals surface area contributed by atoms with Gasteiger partial charge in [-0.15, -0.1) is 0 Å². The minimum absolute atomic E-state index is 0.736. The van der Waals surface area contributed by atoms with Crippen LogP contribution in [0.15, 0.2) is 0 Å². The van der Waals surface area contributed by atoms with E-state index < -0.39 is 39.7 Å². The monoisotopic (exact) mass is 278 g/mol. The first kappa shape index (κ1) is 16.3. The Morgan fingerprint density at radius 3 is 1.41 bits per heavy atom. The van der Waals surface area contributed by atoms with Gasteiger partial charge < -0.3 is 14.3 Å². The van der Waals surface area contributed by atoms with Crippen LogP contribution in [0.4, 0.5) is 0 Å². The van der Waals surface area contributed by atoms with Crippen LogP contribution in [-0.4, -0.2) is 38.8 Å². The topological polar surface area (TPSA) is 83.8 Å². The van der Waals surface area contributed by atoms with E-state index in [1.54, 1.807) is 20.4 Å². The summed E-state index contributed by atoms with van der Waals surface area (Å²) in [6.07, 6.45) is 0. The molecule has 0 aliphatic heterocycles. The fourth-order valence-electron chi connectivity index (χ4n) is 1.70. The smallest absolute Gasteiger partial charge is 0.305 e. The van der Waals surface area contributed by atoms with Gasteiger partial charge in [-0.1, -0.05) is 13.8 Å². The standard InChI is InChI=1S/C10H22O5Si2/c1-7(9(11)12)17(6,8(2)10(13)14)15-16(3,4)5/h7-8H,1-6H3,(H,11,12)(H,13,14). The first-order chi connectivity index (χ1) is 7.42. The molecule has 0 aliphatic rings. The molecule has 0 rings (SSSR count). The van der Waals surface area contributed by atoms with Gasteiger partial charge in [-0.3, -0.25) is 9.59 Å². The van der Waals surface area contributed by atoms with Crippen molar-refractivity contribution in [2.24, 2.45) is 0 Å². The molecule has 0 bridgehead atoms. The van der Waals surface area contributed by atoms with E-state index in [-0.39, 0.29) is 0 Å². The molecule has 0 radical (unpaired) electrons. The van der Waals surface area contributed by atoms with Crippen LogP contribution in [0.3, 0.4) is 0 Å². The molecular weight excluding hydrogens is 256 g/mol. The van der Waals surface area contributed by atoms with Gasteiger partial charge in [0, 0.05) is 0 Å². The summed E-state index contributed by atoms with van der Waals surface area (Å²) in [6.45, 7) is 10.6. The van der Waals surface area contributed by atoms with Crippen molar-refractivity contribution in [2.45, 2.75) is 51.1 Å². The predicted molar refractivity (Wildman–Crippen MR) is 70.2 cm³/mol. The van der Waals surface area contributed by atoms with Crippen LogP contribution in [0.25, 0.3) is 0 Å². The predicted octanol–water partition coefficient (Wildman–Crippen LogP) is 2.36. The molecular formula is C10H22O5Si2. The Hall–Kier alpha value is -0.666. The quantitative estimate of drug-likeness (QED) is 0.729. The third-order valence-corrected chi connectivity index (χ3v) is 11.1. The Morgan fingerprint density at radius 1 is 0.941 bits per heavy atom. The summed E-state index contributed by atoms with van der Waals surface area (Å²) >= 11 is 0. The maximum atomic E-state index is 11.1. The Morgan fingerprint density at radius 2 is 1.24 bits per heavy atom. The second kappa shape index (κ2) is 5.32. The second-order valence-corrected chi connectivity index (χ2v) is 14.7. The molecule has 0 saturated carbocycles. The van der Waals surface area contributed by atoms with Crippen molar-refractivity contribution < 1.29 is 23.9 Å². The summed E-state index contributed by atoms with van der Waals surface area (Å²) in [4.78, 5) is 22.3. The Labute approximate surface area is 104 Å². The van der Waals surface area contributed by atoms with Gasteiger partial charge in [0.05, 0.1) is 11.1 Å². The maximum absolute atomic E-state index is 11.1. The van der Waals surface area contributed by atoms with Crippen LogP contribution in [-0.2, 0) is 13.7 Å². The van der Waals surface area contributed by atoms with Crippen molar-refractivity contribution in [3.63, 3.8) is 0 Å². The van der Waals surface area contributed by atoms with Crippen LogP contribution in [0, 0.1) is 0 Å². The number of hydrogen-bond donors (Lipinski definition) is 2. The molecule has 0 heterocycles. The van der Waals surface area contributed by atoms with Crippen molar-refractivity contribution >= 4 is 28.6 Å². The fourth-order valence-corrected chi connectivity index (χ4v) is 10.1. The van der Waals surface area contributed by atoms with E-state index in [4.69, 9.17) is 14.3 Å². The Bertz CT molecular complexity index is 290. The third-order valence-electron chi connectivity index (χ3n) is 2.99. The average Bonchev–Trinajstić information content (AvgIpc) is 2.12. The van der Waals surface area contributed by atoms with Crippen molar-refractivity contribution in [3.05, 3.63) is 0 Å². The van der Waals surface area contributed by atoms with Crippen molar-refractivity contribution in [2.75, 3.05) is 0 Å².